The third-order valence-corrected chi connectivity index (χ3v) is 6.07. The highest BCUT2D eigenvalue weighted by atomic mass is 19.3. The molecule has 2 fully saturated rings. The first-order valence-corrected chi connectivity index (χ1v) is 9.52. The summed E-state index contributed by atoms with van der Waals surface area (Å²) in [6.07, 6.45) is 8.74. The number of hydrogen-bond acceptors (Lipinski definition) is 1. The number of ether oxygens (including phenoxy) is 1. The molecule has 1 aromatic rings. The molecule has 0 heterocycles. The molecule has 2 aliphatic rings. The molecule has 6 heteroatoms. The lowest BCUT2D eigenvalue weighted by atomic mass is 9.70. The Morgan fingerprint density at radius 3 is 1.92 bits per heavy atom. The van der Waals surface area contributed by atoms with Gasteiger partial charge in [0, 0.05) is 18.1 Å². The van der Waals surface area contributed by atoms with Gasteiger partial charge in [-0.05, 0) is 37.5 Å². The average molecular weight is 376 g/mol. The lowest BCUT2D eigenvalue weighted by molar-refractivity contribution is -0.106. The fourth-order valence-electron chi connectivity index (χ4n) is 4.53. The molecule has 0 aromatic heterocycles. The van der Waals surface area contributed by atoms with E-state index in [1.165, 1.54) is 32.1 Å². The first kappa shape index (κ1) is 19.4. The average Bonchev–Trinajstić information content (AvgIpc) is 2.65. The van der Waals surface area contributed by atoms with Crippen LogP contribution in [-0.2, 0) is 0 Å². The Morgan fingerprint density at radius 1 is 0.808 bits per heavy atom. The summed E-state index contributed by atoms with van der Waals surface area (Å²) in [4.78, 5) is 0. The Bertz CT molecular complexity index is 581. The fraction of sp³-hybridized carbons (Fsp3) is 0.700. The molecule has 0 radical (unpaired) electrons. The molecule has 0 saturated heterocycles. The van der Waals surface area contributed by atoms with Gasteiger partial charge in [0.25, 0.3) is 5.92 Å². The van der Waals surface area contributed by atoms with E-state index in [1.807, 2.05) is 0 Å². The van der Waals surface area contributed by atoms with Crippen LogP contribution in [0.25, 0.3) is 0 Å². The summed E-state index contributed by atoms with van der Waals surface area (Å²) in [5.41, 5.74) is 0. The minimum absolute atomic E-state index is 0.419. The monoisotopic (exact) mass is 376 g/mol. The van der Waals surface area contributed by atoms with E-state index in [1.54, 1.807) is 0 Å². The molecule has 3 rings (SSSR count). The minimum Gasteiger partial charge on any atom is -0.487 e. The van der Waals surface area contributed by atoms with E-state index in [0.29, 0.717) is 36.8 Å². The van der Waals surface area contributed by atoms with Crippen LogP contribution in [0.15, 0.2) is 12.1 Å². The number of benzene rings is 1. The quantitative estimate of drug-likeness (QED) is 0.421. The number of hydrogen-bond donors (Lipinski definition) is 0. The van der Waals surface area contributed by atoms with Crippen LogP contribution in [0.3, 0.4) is 0 Å². The molecule has 26 heavy (non-hydrogen) atoms. The van der Waals surface area contributed by atoms with Gasteiger partial charge in [-0.25, -0.2) is 22.0 Å². The van der Waals surface area contributed by atoms with E-state index in [0.717, 1.165) is 12.8 Å². The summed E-state index contributed by atoms with van der Waals surface area (Å²) < 4.78 is 73.0. The fourth-order valence-corrected chi connectivity index (χ4v) is 4.53. The summed E-state index contributed by atoms with van der Waals surface area (Å²) in [5.74, 6) is -7.57. The van der Waals surface area contributed by atoms with Crippen molar-refractivity contribution < 1.29 is 26.7 Å². The van der Waals surface area contributed by atoms with Gasteiger partial charge in [-0.3, -0.25) is 0 Å². The SMILES string of the molecule is Fc1cc(OCC(F)(F)C2CCC(C3CCCCC3)CC2)cc(F)c1F. The lowest BCUT2D eigenvalue weighted by Crippen LogP contribution is -2.38. The maximum absolute atomic E-state index is 14.5. The second kappa shape index (κ2) is 8.13. The number of rotatable bonds is 5. The van der Waals surface area contributed by atoms with Crippen molar-refractivity contribution in [3.8, 4) is 5.75 Å². The van der Waals surface area contributed by atoms with Crippen LogP contribution in [-0.4, -0.2) is 12.5 Å². The molecule has 1 nitrogen and oxygen atoms in total. The summed E-state index contributed by atoms with van der Waals surface area (Å²) in [6, 6.07) is 1.18. The van der Waals surface area contributed by atoms with Crippen molar-refractivity contribution in [2.45, 2.75) is 63.7 Å². The van der Waals surface area contributed by atoms with Crippen molar-refractivity contribution in [3.05, 3.63) is 29.6 Å². The highest BCUT2D eigenvalue weighted by molar-refractivity contribution is 5.25. The molecule has 0 atom stereocenters. The zero-order valence-corrected chi connectivity index (χ0v) is 14.8. The third kappa shape index (κ3) is 4.49. The summed E-state index contributed by atoms with van der Waals surface area (Å²) >= 11 is 0. The van der Waals surface area contributed by atoms with Crippen molar-refractivity contribution >= 4 is 0 Å². The number of alkyl halides is 2. The largest absolute Gasteiger partial charge is 0.487 e. The molecule has 2 saturated carbocycles. The third-order valence-electron chi connectivity index (χ3n) is 6.07. The molecule has 0 amide bonds. The van der Waals surface area contributed by atoms with Crippen molar-refractivity contribution in [3.63, 3.8) is 0 Å². The van der Waals surface area contributed by atoms with Crippen LogP contribution < -0.4 is 4.74 Å². The van der Waals surface area contributed by atoms with Gasteiger partial charge in [-0.1, -0.05) is 32.1 Å². The summed E-state index contributed by atoms with van der Waals surface area (Å²) in [5, 5.41) is 0. The Morgan fingerprint density at radius 2 is 1.35 bits per heavy atom. The van der Waals surface area contributed by atoms with Gasteiger partial charge in [0.1, 0.15) is 5.75 Å². The van der Waals surface area contributed by atoms with E-state index in [-0.39, 0.29) is 0 Å². The van der Waals surface area contributed by atoms with E-state index >= 15 is 0 Å². The molecule has 0 unspecified atom stereocenters. The van der Waals surface area contributed by atoms with Crippen LogP contribution in [0, 0.1) is 35.2 Å². The van der Waals surface area contributed by atoms with Gasteiger partial charge in [-0.2, -0.15) is 0 Å². The van der Waals surface area contributed by atoms with Crippen LogP contribution in [0.1, 0.15) is 57.8 Å². The molecule has 146 valence electrons. The van der Waals surface area contributed by atoms with E-state index in [4.69, 9.17) is 4.74 Å². The molecule has 1 aromatic carbocycles. The second-order valence-corrected chi connectivity index (χ2v) is 7.76. The van der Waals surface area contributed by atoms with Crippen LogP contribution >= 0.6 is 0 Å². The van der Waals surface area contributed by atoms with E-state index in [2.05, 4.69) is 0 Å². The Hall–Kier alpha value is -1.33. The molecule has 2 aliphatic carbocycles. The van der Waals surface area contributed by atoms with Gasteiger partial charge in [-0.15, -0.1) is 0 Å². The van der Waals surface area contributed by atoms with Crippen LogP contribution in [0.4, 0.5) is 22.0 Å². The van der Waals surface area contributed by atoms with Gasteiger partial charge < -0.3 is 4.74 Å². The zero-order chi connectivity index (χ0) is 18.7. The zero-order valence-electron chi connectivity index (χ0n) is 14.8. The molecule has 0 aliphatic heterocycles. The first-order chi connectivity index (χ1) is 12.4. The second-order valence-electron chi connectivity index (χ2n) is 7.76. The Kier molecular flexibility index (Phi) is 6.08. The smallest absolute Gasteiger partial charge is 0.284 e. The molecule has 0 spiro atoms. The normalized spacial score (nSPS) is 25.3. The van der Waals surface area contributed by atoms with Gasteiger partial charge in [0.05, 0.1) is 0 Å². The lowest BCUT2D eigenvalue weighted by Gasteiger charge is -2.38. The Balaban J connectivity index is 1.52. The Labute approximate surface area is 150 Å². The standard InChI is InChI=1S/C20H25F5O/c21-17-10-16(11-18(22)19(17)23)26-12-20(24,25)15-8-6-14(7-9-15)13-4-2-1-3-5-13/h10-11,13-15H,1-9,12H2. The van der Waals surface area contributed by atoms with Gasteiger partial charge in [0.15, 0.2) is 24.1 Å². The van der Waals surface area contributed by atoms with Gasteiger partial charge in [0.2, 0.25) is 0 Å². The highest BCUT2D eigenvalue weighted by Crippen LogP contribution is 2.44. The predicted octanol–water partition coefficient (Wildman–Crippen LogP) is 6.50. The maximum atomic E-state index is 14.5. The van der Waals surface area contributed by atoms with Crippen molar-refractivity contribution in [2.75, 3.05) is 6.61 Å². The molecular formula is C20H25F5O. The van der Waals surface area contributed by atoms with Crippen molar-refractivity contribution in [1.82, 2.24) is 0 Å². The highest BCUT2D eigenvalue weighted by Gasteiger charge is 2.43. The van der Waals surface area contributed by atoms with E-state index < -0.39 is 41.6 Å². The molecule has 0 N–H and O–H groups in total. The maximum Gasteiger partial charge on any atom is 0.284 e. The van der Waals surface area contributed by atoms with Crippen LogP contribution in [0.2, 0.25) is 0 Å². The first-order valence-electron chi connectivity index (χ1n) is 9.52. The topological polar surface area (TPSA) is 9.23 Å². The van der Waals surface area contributed by atoms with Crippen LogP contribution in [0.5, 0.6) is 5.75 Å². The molecule has 0 bridgehead atoms. The van der Waals surface area contributed by atoms with Gasteiger partial charge >= 0.3 is 0 Å². The van der Waals surface area contributed by atoms with Crippen molar-refractivity contribution in [2.24, 2.45) is 17.8 Å². The summed E-state index contributed by atoms with van der Waals surface area (Å²) in [6.45, 7) is -0.948. The van der Waals surface area contributed by atoms with E-state index in [9.17, 15) is 22.0 Å². The van der Waals surface area contributed by atoms with Crippen molar-refractivity contribution in [1.29, 1.82) is 0 Å². The minimum atomic E-state index is -3.07. The summed E-state index contributed by atoms with van der Waals surface area (Å²) in [7, 11) is 0. The molecular weight excluding hydrogens is 351 g/mol. The predicted molar refractivity (Wildman–Crippen MR) is 88.8 cm³/mol. The number of halogens is 5.